The minimum Gasteiger partial charge on any atom is -0.379 e. The first kappa shape index (κ1) is 16.6. The number of morpholine rings is 1. The van der Waals surface area contributed by atoms with Crippen LogP contribution in [0.2, 0.25) is 0 Å². The molecule has 2 aromatic rings. The first-order chi connectivity index (χ1) is 11.0. The highest BCUT2D eigenvalue weighted by Gasteiger charge is 2.18. The van der Waals surface area contributed by atoms with Crippen LogP contribution in [-0.4, -0.2) is 62.9 Å². The van der Waals surface area contributed by atoms with Gasteiger partial charge in [0.2, 0.25) is 10.0 Å². The molecule has 1 saturated heterocycles. The van der Waals surface area contributed by atoms with Crippen molar-refractivity contribution in [2.75, 3.05) is 39.4 Å². The van der Waals surface area contributed by atoms with Crippen molar-refractivity contribution in [1.29, 1.82) is 0 Å². The molecule has 0 aliphatic carbocycles. The Morgan fingerprint density at radius 1 is 1.39 bits per heavy atom. The van der Waals surface area contributed by atoms with Crippen LogP contribution in [-0.2, 0) is 14.8 Å². The molecule has 1 aliphatic rings. The number of nitrogens with zero attached hydrogens (tertiary/aromatic N) is 2. The highest BCUT2D eigenvalue weighted by Crippen LogP contribution is 2.29. The Kier molecular flexibility index (Phi) is 5.12. The predicted octanol–water partition coefficient (Wildman–Crippen LogP) is 1.06. The monoisotopic (exact) mass is 356 g/mol. The molecule has 0 radical (unpaired) electrons. The standard InChI is InChI=1S/C14H20N4O3S2/c1-11-10-12(17-16-11)13-2-3-14(22-13)23(19,20)15-4-5-18-6-8-21-9-7-18/h2-3,10,15H,4-9H2,1H3,(H,16,17). The number of sulfonamides is 1. The molecule has 0 spiro atoms. The molecule has 23 heavy (non-hydrogen) atoms. The Morgan fingerprint density at radius 2 is 2.17 bits per heavy atom. The van der Waals surface area contributed by atoms with Crippen LogP contribution in [0.3, 0.4) is 0 Å². The third kappa shape index (κ3) is 4.18. The number of hydrogen-bond acceptors (Lipinski definition) is 6. The van der Waals surface area contributed by atoms with E-state index < -0.39 is 10.0 Å². The zero-order valence-corrected chi connectivity index (χ0v) is 14.5. The number of thiophene rings is 1. The number of H-pyrrole nitrogens is 1. The van der Waals surface area contributed by atoms with Gasteiger partial charge in [-0.05, 0) is 25.1 Å². The minimum absolute atomic E-state index is 0.315. The van der Waals surface area contributed by atoms with Crippen molar-refractivity contribution in [2.24, 2.45) is 0 Å². The fourth-order valence-electron chi connectivity index (χ4n) is 2.38. The van der Waals surface area contributed by atoms with Crippen LogP contribution < -0.4 is 4.72 Å². The second kappa shape index (κ2) is 7.10. The van der Waals surface area contributed by atoms with Gasteiger partial charge in [0.1, 0.15) is 9.90 Å². The van der Waals surface area contributed by atoms with Crippen molar-refractivity contribution in [3.63, 3.8) is 0 Å². The van der Waals surface area contributed by atoms with E-state index in [9.17, 15) is 8.42 Å². The maximum absolute atomic E-state index is 12.4. The van der Waals surface area contributed by atoms with Crippen molar-refractivity contribution >= 4 is 21.4 Å². The summed E-state index contributed by atoms with van der Waals surface area (Å²) < 4.78 is 33.0. The van der Waals surface area contributed by atoms with Crippen molar-refractivity contribution < 1.29 is 13.2 Å². The lowest BCUT2D eigenvalue weighted by Crippen LogP contribution is -2.41. The van der Waals surface area contributed by atoms with Crippen LogP contribution in [0.25, 0.3) is 10.6 Å². The van der Waals surface area contributed by atoms with Crippen LogP contribution in [0.15, 0.2) is 22.4 Å². The van der Waals surface area contributed by atoms with E-state index in [-0.39, 0.29) is 0 Å². The second-order valence-electron chi connectivity index (χ2n) is 5.41. The maximum atomic E-state index is 12.4. The van der Waals surface area contributed by atoms with E-state index in [4.69, 9.17) is 4.74 Å². The summed E-state index contributed by atoms with van der Waals surface area (Å²) in [6.45, 7) is 6.13. The molecule has 2 N–H and O–H groups in total. The first-order valence-corrected chi connectivity index (χ1v) is 9.76. The number of ether oxygens (including phenoxy) is 1. The zero-order valence-electron chi connectivity index (χ0n) is 12.9. The summed E-state index contributed by atoms with van der Waals surface area (Å²) in [5.41, 5.74) is 1.71. The summed E-state index contributed by atoms with van der Waals surface area (Å²) in [7, 11) is -3.47. The summed E-state index contributed by atoms with van der Waals surface area (Å²) in [4.78, 5) is 3.03. The lowest BCUT2D eigenvalue weighted by atomic mass is 10.3. The largest absolute Gasteiger partial charge is 0.379 e. The van der Waals surface area contributed by atoms with Crippen LogP contribution in [0.1, 0.15) is 5.69 Å². The zero-order chi connectivity index (χ0) is 16.3. The normalized spacial score (nSPS) is 16.7. The molecule has 1 aliphatic heterocycles. The van der Waals surface area contributed by atoms with Gasteiger partial charge in [0.15, 0.2) is 0 Å². The Labute approximate surface area is 139 Å². The average molecular weight is 356 g/mol. The van der Waals surface area contributed by atoms with Crippen LogP contribution in [0.5, 0.6) is 0 Å². The lowest BCUT2D eigenvalue weighted by molar-refractivity contribution is 0.0390. The van der Waals surface area contributed by atoms with Crippen LogP contribution >= 0.6 is 11.3 Å². The summed E-state index contributed by atoms with van der Waals surface area (Å²) in [6.07, 6.45) is 0. The third-order valence-electron chi connectivity index (χ3n) is 3.63. The molecule has 0 aromatic carbocycles. The molecule has 2 aromatic heterocycles. The lowest BCUT2D eigenvalue weighted by Gasteiger charge is -2.26. The van der Waals surface area contributed by atoms with Gasteiger partial charge in [0.25, 0.3) is 0 Å². The molecular weight excluding hydrogens is 336 g/mol. The molecular formula is C14H20N4O3S2. The van der Waals surface area contributed by atoms with Gasteiger partial charge in [-0.25, -0.2) is 13.1 Å². The molecule has 126 valence electrons. The van der Waals surface area contributed by atoms with Crippen LogP contribution in [0, 0.1) is 6.92 Å². The van der Waals surface area contributed by atoms with E-state index in [0.717, 1.165) is 29.4 Å². The summed E-state index contributed by atoms with van der Waals surface area (Å²) >= 11 is 1.23. The van der Waals surface area contributed by atoms with E-state index in [0.29, 0.717) is 30.5 Å². The van der Waals surface area contributed by atoms with Gasteiger partial charge in [0.05, 0.1) is 18.1 Å². The van der Waals surface area contributed by atoms with E-state index in [1.165, 1.54) is 11.3 Å². The molecule has 7 nitrogen and oxygen atoms in total. The number of nitrogens with one attached hydrogen (secondary N) is 2. The Morgan fingerprint density at radius 3 is 2.87 bits per heavy atom. The molecule has 0 bridgehead atoms. The molecule has 9 heteroatoms. The van der Waals surface area contributed by atoms with Gasteiger partial charge >= 0.3 is 0 Å². The van der Waals surface area contributed by atoms with Crippen molar-refractivity contribution in [2.45, 2.75) is 11.1 Å². The van der Waals surface area contributed by atoms with Gasteiger partial charge < -0.3 is 4.74 Å². The van der Waals surface area contributed by atoms with E-state index in [1.54, 1.807) is 12.1 Å². The fourth-order valence-corrected chi connectivity index (χ4v) is 4.71. The van der Waals surface area contributed by atoms with Gasteiger partial charge in [0, 0.05) is 31.9 Å². The second-order valence-corrected chi connectivity index (χ2v) is 8.48. The first-order valence-electron chi connectivity index (χ1n) is 7.46. The van der Waals surface area contributed by atoms with E-state index >= 15 is 0 Å². The number of aromatic amines is 1. The molecule has 0 amide bonds. The summed E-state index contributed by atoms with van der Waals surface area (Å²) in [5.74, 6) is 0. The average Bonchev–Trinajstić information content (AvgIpc) is 3.17. The van der Waals surface area contributed by atoms with Gasteiger partial charge in [-0.2, -0.15) is 5.10 Å². The Balaban J connectivity index is 1.60. The van der Waals surface area contributed by atoms with Crippen LogP contribution in [0.4, 0.5) is 0 Å². The minimum atomic E-state index is -3.47. The molecule has 3 rings (SSSR count). The van der Waals surface area contributed by atoms with Gasteiger partial charge in [-0.15, -0.1) is 11.3 Å². The van der Waals surface area contributed by atoms with Gasteiger partial charge in [-0.3, -0.25) is 10.00 Å². The highest BCUT2D eigenvalue weighted by molar-refractivity contribution is 7.91. The Bertz CT molecular complexity index is 748. The Hall–Kier alpha value is -1.26. The number of rotatable bonds is 6. The summed E-state index contributed by atoms with van der Waals surface area (Å²) in [6, 6.07) is 5.31. The van der Waals surface area contributed by atoms with Crippen molar-refractivity contribution in [1.82, 2.24) is 19.8 Å². The predicted molar refractivity (Wildman–Crippen MR) is 89.1 cm³/mol. The summed E-state index contributed by atoms with van der Waals surface area (Å²) in [5, 5.41) is 7.02. The number of aryl methyl sites for hydroxylation is 1. The molecule has 0 unspecified atom stereocenters. The number of hydrogen-bond donors (Lipinski definition) is 2. The van der Waals surface area contributed by atoms with Crippen molar-refractivity contribution in [3.05, 3.63) is 23.9 Å². The quantitative estimate of drug-likeness (QED) is 0.808. The molecule has 0 atom stereocenters. The maximum Gasteiger partial charge on any atom is 0.250 e. The number of aromatic nitrogens is 2. The SMILES string of the molecule is Cc1cc(-c2ccc(S(=O)(=O)NCCN3CCOCC3)s2)n[nH]1. The third-order valence-corrected chi connectivity index (χ3v) is 6.69. The van der Waals surface area contributed by atoms with E-state index in [2.05, 4.69) is 19.8 Å². The fraction of sp³-hybridized carbons (Fsp3) is 0.500. The molecule has 3 heterocycles. The molecule has 0 saturated carbocycles. The smallest absolute Gasteiger partial charge is 0.250 e. The highest BCUT2D eigenvalue weighted by atomic mass is 32.2. The van der Waals surface area contributed by atoms with Crippen molar-refractivity contribution in [3.8, 4) is 10.6 Å². The topological polar surface area (TPSA) is 87.3 Å². The molecule has 1 fully saturated rings. The van der Waals surface area contributed by atoms with Gasteiger partial charge in [-0.1, -0.05) is 0 Å². The van der Waals surface area contributed by atoms with E-state index in [1.807, 2.05) is 13.0 Å².